The minimum Gasteiger partial charge on any atom is -0.480 e. The molecule has 30 heavy (non-hydrogen) atoms. The van der Waals surface area contributed by atoms with E-state index in [0.29, 0.717) is 34.0 Å². The van der Waals surface area contributed by atoms with E-state index in [1.54, 1.807) is 41.9 Å². The van der Waals surface area contributed by atoms with Crippen LogP contribution < -0.4 is 9.46 Å². The summed E-state index contributed by atoms with van der Waals surface area (Å²) in [5, 5.41) is 4.00. The smallest absolute Gasteiger partial charge is 0.261 e. The van der Waals surface area contributed by atoms with Crippen molar-refractivity contribution in [3.05, 3.63) is 71.1 Å². The molecule has 2 aromatic heterocycles. The van der Waals surface area contributed by atoms with Gasteiger partial charge in [0.05, 0.1) is 34.6 Å². The number of anilines is 1. The Balaban J connectivity index is 1.70. The summed E-state index contributed by atoms with van der Waals surface area (Å²) < 4.78 is 48.1. The number of nitrogens with zero attached hydrogens (tertiary/aromatic N) is 3. The van der Waals surface area contributed by atoms with Gasteiger partial charge in [0, 0.05) is 11.6 Å². The minimum absolute atomic E-state index is 0.136. The molecule has 0 saturated heterocycles. The second-order valence-electron chi connectivity index (χ2n) is 6.52. The average Bonchev–Trinajstić information content (AvgIpc) is 3.14. The number of benzene rings is 2. The number of aromatic nitrogens is 3. The number of hydrogen-bond donors (Lipinski definition) is 1. The van der Waals surface area contributed by atoms with Crippen LogP contribution in [0.1, 0.15) is 5.56 Å². The first-order valence-corrected chi connectivity index (χ1v) is 10.6. The Hall–Kier alpha value is -3.17. The van der Waals surface area contributed by atoms with Crippen LogP contribution in [0.15, 0.2) is 59.6 Å². The van der Waals surface area contributed by atoms with Crippen LogP contribution >= 0.6 is 11.6 Å². The Morgan fingerprint density at radius 2 is 1.93 bits per heavy atom. The van der Waals surface area contributed by atoms with Gasteiger partial charge in [0.15, 0.2) is 5.65 Å². The van der Waals surface area contributed by atoms with E-state index in [1.165, 1.54) is 7.11 Å². The van der Waals surface area contributed by atoms with Crippen molar-refractivity contribution in [3.8, 4) is 17.1 Å². The Bertz CT molecular complexity index is 1370. The van der Waals surface area contributed by atoms with E-state index in [9.17, 15) is 12.8 Å². The van der Waals surface area contributed by atoms with Gasteiger partial charge < -0.3 is 4.74 Å². The molecule has 0 atom stereocenters. The number of methoxy groups -OCH3 is 1. The maximum atomic E-state index is 13.4. The van der Waals surface area contributed by atoms with E-state index in [2.05, 4.69) is 14.8 Å². The Kier molecular flexibility index (Phi) is 5.08. The molecule has 0 amide bonds. The second kappa shape index (κ2) is 7.58. The highest BCUT2D eigenvalue weighted by molar-refractivity contribution is 7.92. The van der Waals surface area contributed by atoms with Gasteiger partial charge in [0.1, 0.15) is 5.82 Å². The molecule has 4 rings (SSSR count). The van der Waals surface area contributed by atoms with Gasteiger partial charge in [0.2, 0.25) is 5.88 Å². The van der Waals surface area contributed by atoms with E-state index >= 15 is 0 Å². The standard InChI is InChI=1S/C20H16ClFN4O3S/c1-12-3-4-13(18-11-26-19(23-18)7-8-20(24-26)29-2)9-17(12)25-30(27,28)14-5-6-16(22)15(21)10-14/h3-11,25H,1-2H3. The van der Waals surface area contributed by atoms with Gasteiger partial charge in [0.25, 0.3) is 10.0 Å². The molecule has 0 aliphatic carbocycles. The first kappa shape index (κ1) is 20.1. The minimum atomic E-state index is -3.96. The lowest BCUT2D eigenvalue weighted by atomic mass is 10.1. The lowest BCUT2D eigenvalue weighted by Crippen LogP contribution is -2.14. The summed E-state index contributed by atoms with van der Waals surface area (Å²) in [5.41, 5.74) is 3.00. The number of hydrogen-bond acceptors (Lipinski definition) is 5. The summed E-state index contributed by atoms with van der Waals surface area (Å²) in [5.74, 6) is -0.243. The zero-order chi connectivity index (χ0) is 21.5. The Morgan fingerprint density at radius 3 is 2.67 bits per heavy atom. The van der Waals surface area contributed by atoms with E-state index in [4.69, 9.17) is 16.3 Å². The Morgan fingerprint density at radius 1 is 1.13 bits per heavy atom. The SMILES string of the molecule is COc1ccc2nc(-c3ccc(C)c(NS(=O)(=O)c4ccc(F)c(Cl)c4)c3)cn2n1. The number of halogens is 2. The van der Waals surface area contributed by atoms with Gasteiger partial charge in [-0.05, 0) is 42.8 Å². The van der Waals surface area contributed by atoms with Gasteiger partial charge in [-0.25, -0.2) is 22.3 Å². The monoisotopic (exact) mass is 446 g/mol. The molecule has 4 aromatic rings. The van der Waals surface area contributed by atoms with Crippen molar-refractivity contribution in [2.75, 3.05) is 11.8 Å². The molecule has 2 aromatic carbocycles. The van der Waals surface area contributed by atoms with Gasteiger partial charge in [-0.3, -0.25) is 4.72 Å². The maximum Gasteiger partial charge on any atom is 0.261 e. The van der Waals surface area contributed by atoms with E-state index in [0.717, 1.165) is 18.2 Å². The van der Waals surface area contributed by atoms with Crippen molar-refractivity contribution >= 4 is 33.0 Å². The average molecular weight is 447 g/mol. The lowest BCUT2D eigenvalue weighted by Gasteiger charge is -2.12. The molecule has 0 spiro atoms. The highest BCUT2D eigenvalue weighted by Crippen LogP contribution is 2.28. The molecule has 0 radical (unpaired) electrons. The molecule has 0 fully saturated rings. The van der Waals surface area contributed by atoms with Crippen LogP contribution in [0, 0.1) is 12.7 Å². The van der Waals surface area contributed by atoms with E-state index < -0.39 is 15.8 Å². The predicted molar refractivity (Wildman–Crippen MR) is 112 cm³/mol. The van der Waals surface area contributed by atoms with Crippen molar-refractivity contribution in [2.45, 2.75) is 11.8 Å². The van der Waals surface area contributed by atoms with Crippen molar-refractivity contribution in [1.82, 2.24) is 14.6 Å². The zero-order valence-electron chi connectivity index (χ0n) is 15.9. The highest BCUT2D eigenvalue weighted by Gasteiger charge is 2.18. The van der Waals surface area contributed by atoms with Crippen molar-refractivity contribution < 1.29 is 17.5 Å². The molecule has 1 N–H and O–H groups in total. The largest absolute Gasteiger partial charge is 0.480 e. The van der Waals surface area contributed by atoms with Crippen molar-refractivity contribution in [3.63, 3.8) is 0 Å². The molecule has 10 heteroatoms. The quantitative estimate of drug-likeness (QED) is 0.493. The number of nitrogens with one attached hydrogen (secondary N) is 1. The molecule has 2 heterocycles. The molecule has 0 aliphatic rings. The van der Waals surface area contributed by atoms with Crippen molar-refractivity contribution in [2.24, 2.45) is 0 Å². The molecular formula is C20H16ClFN4O3S. The lowest BCUT2D eigenvalue weighted by molar-refractivity contribution is 0.390. The van der Waals surface area contributed by atoms with Gasteiger partial charge >= 0.3 is 0 Å². The third kappa shape index (κ3) is 3.81. The second-order valence-corrected chi connectivity index (χ2v) is 8.61. The third-order valence-electron chi connectivity index (χ3n) is 4.48. The number of fused-ring (bicyclic) bond motifs is 1. The number of rotatable bonds is 5. The van der Waals surface area contributed by atoms with Crippen LogP contribution in [0.4, 0.5) is 10.1 Å². The van der Waals surface area contributed by atoms with Gasteiger partial charge in [-0.2, -0.15) is 0 Å². The van der Waals surface area contributed by atoms with E-state index in [-0.39, 0.29) is 9.92 Å². The number of aryl methyl sites for hydroxylation is 1. The fraction of sp³-hybridized carbons (Fsp3) is 0.100. The first-order chi connectivity index (χ1) is 14.3. The molecule has 0 saturated carbocycles. The summed E-state index contributed by atoms with van der Waals surface area (Å²) in [6.07, 6.45) is 1.72. The topological polar surface area (TPSA) is 85.6 Å². The molecule has 154 valence electrons. The summed E-state index contributed by atoms with van der Waals surface area (Å²) in [7, 11) is -2.44. The molecular weight excluding hydrogens is 431 g/mol. The molecule has 0 bridgehead atoms. The number of imidazole rings is 1. The predicted octanol–water partition coefficient (Wildman–Crippen LogP) is 4.31. The van der Waals surface area contributed by atoms with Crippen LogP contribution in [0.3, 0.4) is 0 Å². The normalized spacial score (nSPS) is 11.6. The summed E-state index contributed by atoms with van der Waals surface area (Å²) in [6, 6.07) is 12.0. The van der Waals surface area contributed by atoms with Crippen molar-refractivity contribution in [1.29, 1.82) is 0 Å². The zero-order valence-corrected chi connectivity index (χ0v) is 17.5. The Labute approximate surface area is 177 Å². The van der Waals surface area contributed by atoms with Crippen LogP contribution in [0.2, 0.25) is 5.02 Å². The fourth-order valence-electron chi connectivity index (χ4n) is 2.85. The van der Waals surface area contributed by atoms with Crippen LogP contribution in [-0.4, -0.2) is 30.1 Å². The number of sulfonamides is 1. The van der Waals surface area contributed by atoms with E-state index in [1.807, 2.05) is 6.07 Å². The number of ether oxygens (including phenoxy) is 1. The first-order valence-electron chi connectivity index (χ1n) is 8.76. The fourth-order valence-corrected chi connectivity index (χ4v) is 4.24. The molecule has 0 aliphatic heterocycles. The van der Waals surface area contributed by atoms with Gasteiger partial charge in [-0.15, -0.1) is 5.10 Å². The summed E-state index contributed by atoms with van der Waals surface area (Å²) in [6.45, 7) is 1.77. The highest BCUT2D eigenvalue weighted by atomic mass is 35.5. The van der Waals surface area contributed by atoms with Crippen LogP contribution in [-0.2, 0) is 10.0 Å². The van der Waals surface area contributed by atoms with Gasteiger partial charge in [-0.1, -0.05) is 23.7 Å². The maximum absolute atomic E-state index is 13.4. The van der Waals surface area contributed by atoms with Crippen LogP contribution in [0.5, 0.6) is 5.88 Å². The van der Waals surface area contributed by atoms with Crippen LogP contribution in [0.25, 0.3) is 16.9 Å². The summed E-state index contributed by atoms with van der Waals surface area (Å²) >= 11 is 5.73. The summed E-state index contributed by atoms with van der Waals surface area (Å²) in [4.78, 5) is 4.38. The third-order valence-corrected chi connectivity index (χ3v) is 6.14. The molecule has 7 nitrogen and oxygen atoms in total. The molecule has 0 unspecified atom stereocenters.